The fourth-order valence-electron chi connectivity index (χ4n) is 3.29. The van der Waals surface area contributed by atoms with Gasteiger partial charge in [0, 0.05) is 19.3 Å². The molecule has 4 nitrogen and oxygen atoms in total. The Morgan fingerprint density at radius 1 is 1.08 bits per heavy atom. The van der Waals surface area contributed by atoms with Crippen LogP contribution in [0, 0.1) is 0 Å². The van der Waals surface area contributed by atoms with Crippen molar-refractivity contribution in [1.82, 2.24) is 4.90 Å². The van der Waals surface area contributed by atoms with Gasteiger partial charge in [-0.05, 0) is 55.1 Å². The molecule has 0 aromatic heterocycles. The largest absolute Gasteiger partial charge is 0.494 e. The number of sulfone groups is 1. The van der Waals surface area contributed by atoms with E-state index < -0.39 is 9.84 Å². The van der Waals surface area contributed by atoms with Crippen LogP contribution in [0.1, 0.15) is 24.3 Å². The van der Waals surface area contributed by atoms with Gasteiger partial charge in [-0.1, -0.05) is 30.3 Å². The lowest BCUT2D eigenvalue weighted by molar-refractivity contribution is 0.262. The van der Waals surface area contributed by atoms with Crippen LogP contribution in [0.3, 0.4) is 0 Å². The molecule has 1 saturated heterocycles. The van der Waals surface area contributed by atoms with Crippen molar-refractivity contribution in [3.63, 3.8) is 0 Å². The molecule has 2 aromatic rings. The monoisotopic (exact) mass is 359 g/mol. The summed E-state index contributed by atoms with van der Waals surface area (Å²) in [6.07, 6.45) is 3.40. The van der Waals surface area contributed by atoms with E-state index in [-0.39, 0.29) is 0 Å². The molecule has 25 heavy (non-hydrogen) atoms. The first-order chi connectivity index (χ1) is 12.0. The molecular weight excluding hydrogens is 334 g/mol. The van der Waals surface area contributed by atoms with Crippen molar-refractivity contribution in [2.24, 2.45) is 0 Å². The fraction of sp³-hybridized carbons (Fsp3) is 0.400. The molecule has 134 valence electrons. The van der Waals surface area contributed by atoms with Crippen molar-refractivity contribution in [1.29, 1.82) is 0 Å². The van der Waals surface area contributed by atoms with Gasteiger partial charge in [-0.2, -0.15) is 0 Å². The molecule has 0 unspecified atom stereocenters. The number of rotatable bonds is 7. The van der Waals surface area contributed by atoms with E-state index in [1.54, 1.807) is 24.3 Å². The maximum absolute atomic E-state index is 11.4. The summed E-state index contributed by atoms with van der Waals surface area (Å²) in [6.45, 7) is 3.94. The molecule has 1 aliphatic rings. The van der Waals surface area contributed by atoms with Crippen LogP contribution in [0.25, 0.3) is 0 Å². The molecule has 1 aliphatic heterocycles. The molecule has 0 radical (unpaired) electrons. The maximum atomic E-state index is 11.4. The third-order valence-electron chi connectivity index (χ3n) is 4.68. The van der Waals surface area contributed by atoms with E-state index >= 15 is 0 Å². The first-order valence-corrected chi connectivity index (χ1v) is 10.6. The van der Waals surface area contributed by atoms with E-state index in [0.29, 0.717) is 17.4 Å². The number of ether oxygens (including phenoxy) is 1. The highest BCUT2D eigenvalue weighted by Crippen LogP contribution is 2.26. The maximum Gasteiger partial charge on any atom is 0.175 e. The Hall–Kier alpha value is -1.85. The minimum absolute atomic E-state index is 0.323. The zero-order valence-electron chi connectivity index (χ0n) is 14.6. The molecule has 2 aromatic carbocycles. The Balaban J connectivity index is 1.39. The lowest BCUT2D eigenvalue weighted by Gasteiger charge is -2.16. The Morgan fingerprint density at radius 3 is 2.48 bits per heavy atom. The minimum atomic E-state index is -3.15. The number of benzene rings is 2. The first kappa shape index (κ1) is 18.0. The van der Waals surface area contributed by atoms with Crippen LogP contribution in [0.2, 0.25) is 0 Å². The van der Waals surface area contributed by atoms with Gasteiger partial charge in [0.1, 0.15) is 5.75 Å². The normalized spacial score (nSPS) is 18.4. The van der Waals surface area contributed by atoms with Gasteiger partial charge in [0.25, 0.3) is 0 Å². The molecule has 3 rings (SSSR count). The first-order valence-electron chi connectivity index (χ1n) is 8.72. The average Bonchev–Trinajstić information content (AvgIpc) is 3.08. The van der Waals surface area contributed by atoms with Gasteiger partial charge in [0.05, 0.1) is 11.5 Å². The second-order valence-corrected chi connectivity index (χ2v) is 8.66. The summed E-state index contributed by atoms with van der Waals surface area (Å²) in [4.78, 5) is 2.82. The molecule has 0 amide bonds. The Bertz CT molecular complexity index is 772. The average molecular weight is 359 g/mol. The predicted molar refractivity (Wildman–Crippen MR) is 99.9 cm³/mol. The van der Waals surface area contributed by atoms with E-state index in [1.165, 1.54) is 18.2 Å². The highest BCUT2D eigenvalue weighted by Gasteiger charge is 2.22. The molecule has 0 N–H and O–H groups in total. The zero-order valence-corrected chi connectivity index (χ0v) is 15.4. The smallest absolute Gasteiger partial charge is 0.175 e. The van der Waals surface area contributed by atoms with Gasteiger partial charge in [0.2, 0.25) is 0 Å². The van der Waals surface area contributed by atoms with Crippen LogP contribution in [-0.2, 0) is 9.84 Å². The molecule has 0 aliphatic carbocycles. The van der Waals surface area contributed by atoms with E-state index in [9.17, 15) is 8.42 Å². The van der Waals surface area contributed by atoms with Crippen LogP contribution in [-0.4, -0.2) is 45.8 Å². The Kier molecular flexibility index (Phi) is 5.76. The van der Waals surface area contributed by atoms with Crippen molar-refractivity contribution in [2.45, 2.75) is 23.7 Å². The van der Waals surface area contributed by atoms with Gasteiger partial charge in [-0.3, -0.25) is 0 Å². The van der Waals surface area contributed by atoms with Gasteiger partial charge < -0.3 is 9.64 Å². The lowest BCUT2D eigenvalue weighted by atomic mass is 9.99. The number of likely N-dealkylation sites (tertiary alicyclic amines) is 1. The molecule has 0 saturated carbocycles. The minimum Gasteiger partial charge on any atom is -0.494 e. The van der Waals surface area contributed by atoms with Crippen molar-refractivity contribution in [3.05, 3.63) is 60.2 Å². The van der Waals surface area contributed by atoms with E-state index in [4.69, 9.17) is 4.74 Å². The third kappa shape index (κ3) is 5.06. The molecule has 1 heterocycles. The molecule has 0 bridgehead atoms. The number of nitrogens with zero attached hydrogens (tertiary/aromatic N) is 1. The lowest BCUT2D eigenvalue weighted by Crippen LogP contribution is -2.23. The molecule has 5 heteroatoms. The molecule has 1 atom stereocenters. The van der Waals surface area contributed by atoms with E-state index in [2.05, 4.69) is 35.2 Å². The summed E-state index contributed by atoms with van der Waals surface area (Å²) < 4.78 is 28.6. The second kappa shape index (κ2) is 8.02. The highest BCUT2D eigenvalue weighted by molar-refractivity contribution is 7.90. The van der Waals surface area contributed by atoms with E-state index in [1.807, 2.05) is 0 Å². The van der Waals surface area contributed by atoms with Crippen LogP contribution in [0.5, 0.6) is 5.75 Å². The van der Waals surface area contributed by atoms with Crippen LogP contribution >= 0.6 is 0 Å². The number of hydrogen-bond acceptors (Lipinski definition) is 4. The van der Waals surface area contributed by atoms with Crippen molar-refractivity contribution < 1.29 is 13.2 Å². The summed E-state index contributed by atoms with van der Waals surface area (Å²) in [7, 11) is -3.15. The molecule has 0 spiro atoms. The summed E-state index contributed by atoms with van der Waals surface area (Å²) in [5.74, 6) is 1.36. The summed E-state index contributed by atoms with van der Waals surface area (Å²) in [5, 5.41) is 0. The Labute approximate surface area is 150 Å². The van der Waals surface area contributed by atoms with Gasteiger partial charge in [-0.15, -0.1) is 0 Å². The summed E-state index contributed by atoms with van der Waals surface area (Å²) in [5.41, 5.74) is 1.44. The van der Waals surface area contributed by atoms with Crippen molar-refractivity contribution >= 4 is 9.84 Å². The SMILES string of the molecule is CS(=O)(=O)c1ccc(OCCCN2CC[C@H](c3ccccc3)C2)cc1. The van der Waals surface area contributed by atoms with Gasteiger partial charge in [0.15, 0.2) is 9.84 Å². The fourth-order valence-corrected chi connectivity index (χ4v) is 3.92. The number of hydrogen-bond donors (Lipinski definition) is 0. The van der Waals surface area contributed by atoms with Crippen molar-refractivity contribution in [3.8, 4) is 5.75 Å². The quantitative estimate of drug-likeness (QED) is 0.711. The topological polar surface area (TPSA) is 46.6 Å². The zero-order chi connectivity index (χ0) is 17.7. The molecule has 1 fully saturated rings. The standard InChI is InChI=1S/C20H25NO3S/c1-25(22,23)20-10-8-19(9-11-20)24-15-5-13-21-14-12-18(16-21)17-6-3-2-4-7-17/h2-4,6-11,18H,5,12-16H2,1H3/t18-/m0/s1. The highest BCUT2D eigenvalue weighted by atomic mass is 32.2. The second-order valence-electron chi connectivity index (χ2n) is 6.64. The van der Waals surface area contributed by atoms with Gasteiger partial charge in [-0.25, -0.2) is 8.42 Å². The third-order valence-corrected chi connectivity index (χ3v) is 5.81. The van der Waals surface area contributed by atoms with Crippen LogP contribution in [0.4, 0.5) is 0 Å². The molecular formula is C20H25NO3S. The van der Waals surface area contributed by atoms with Crippen LogP contribution in [0.15, 0.2) is 59.5 Å². The van der Waals surface area contributed by atoms with Crippen molar-refractivity contribution in [2.75, 3.05) is 32.5 Å². The van der Waals surface area contributed by atoms with Gasteiger partial charge >= 0.3 is 0 Å². The summed E-state index contributed by atoms with van der Waals surface area (Å²) >= 11 is 0. The summed E-state index contributed by atoms with van der Waals surface area (Å²) in [6, 6.07) is 17.4. The van der Waals surface area contributed by atoms with Crippen LogP contribution < -0.4 is 4.74 Å². The van der Waals surface area contributed by atoms with E-state index in [0.717, 1.165) is 31.8 Å². The predicted octanol–water partition coefficient (Wildman–Crippen LogP) is 3.35. The Morgan fingerprint density at radius 2 is 1.80 bits per heavy atom.